The lowest BCUT2D eigenvalue weighted by Gasteiger charge is -2.38. The quantitative estimate of drug-likeness (QED) is 0.825. The summed E-state index contributed by atoms with van der Waals surface area (Å²) in [4.78, 5) is 17.1. The molecule has 0 aromatic heterocycles. The van der Waals surface area contributed by atoms with Crippen LogP contribution in [0.15, 0.2) is 42.5 Å². The number of halogens is 2. The molecule has 2 aromatic rings. The Morgan fingerprint density at radius 3 is 2.18 bits per heavy atom. The highest BCUT2D eigenvalue weighted by Gasteiger charge is 2.19. The predicted molar refractivity (Wildman–Crippen MR) is 108 cm³/mol. The lowest BCUT2D eigenvalue weighted by atomic mass is 10.1. The van der Waals surface area contributed by atoms with Gasteiger partial charge in [-0.25, -0.2) is 8.78 Å². The monoisotopic (exact) mass is 387 g/mol. The summed E-state index contributed by atoms with van der Waals surface area (Å²) in [5.74, 6) is -1.40. The molecule has 4 nitrogen and oxygen atoms in total. The van der Waals surface area contributed by atoms with E-state index in [1.165, 1.54) is 12.1 Å². The summed E-state index contributed by atoms with van der Waals surface area (Å²) in [6, 6.07) is 11.6. The number of carbonyl (C=O) groups excluding carboxylic acids is 1. The van der Waals surface area contributed by atoms with Crippen molar-refractivity contribution in [3.05, 3.63) is 65.2 Å². The van der Waals surface area contributed by atoms with Gasteiger partial charge in [0.05, 0.1) is 0 Å². The second kappa shape index (κ2) is 9.15. The number of benzene rings is 2. The molecule has 0 aliphatic carbocycles. The molecule has 1 heterocycles. The van der Waals surface area contributed by atoms with E-state index in [9.17, 15) is 13.6 Å². The van der Waals surface area contributed by atoms with Gasteiger partial charge in [0.1, 0.15) is 11.6 Å². The molecule has 1 aliphatic heterocycles. The summed E-state index contributed by atoms with van der Waals surface area (Å²) < 4.78 is 26.4. The van der Waals surface area contributed by atoms with Crippen LogP contribution < -0.4 is 10.2 Å². The van der Waals surface area contributed by atoms with E-state index in [-0.39, 0.29) is 5.91 Å². The Morgan fingerprint density at radius 1 is 1.00 bits per heavy atom. The molecule has 0 bridgehead atoms. The summed E-state index contributed by atoms with van der Waals surface area (Å²) in [5, 5.41) is 2.80. The zero-order chi connectivity index (χ0) is 20.1. The number of anilines is 1. The molecule has 6 heteroatoms. The van der Waals surface area contributed by atoms with Gasteiger partial charge >= 0.3 is 0 Å². The van der Waals surface area contributed by atoms with E-state index in [2.05, 4.69) is 29.0 Å². The van der Waals surface area contributed by atoms with E-state index < -0.39 is 11.6 Å². The lowest BCUT2D eigenvalue weighted by molar-refractivity contribution is 0.0954. The highest BCUT2D eigenvalue weighted by atomic mass is 19.1. The van der Waals surface area contributed by atoms with Gasteiger partial charge in [-0.15, -0.1) is 0 Å². The van der Waals surface area contributed by atoms with Crippen molar-refractivity contribution in [3.8, 4) is 0 Å². The number of hydrogen-bond donors (Lipinski definition) is 1. The van der Waals surface area contributed by atoms with Gasteiger partial charge in [0, 0.05) is 56.1 Å². The van der Waals surface area contributed by atoms with Gasteiger partial charge in [-0.3, -0.25) is 9.69 Å². The van der Waals surface area contributed by atoms with Crippen LogP contribution in [-0.4, -0.2) is 49.6 Å². The third-order valence-electron chi connectivity index (χ3n) is 5.16. The topological polar surface area (TPSA) is 35.6 Å². The Bertz CT molecular complexity index is 780. The highest BCUT2D eigenvalue weighted by molar-refractivity contribution is 5.94. The Morgan fingerprint density at radius 2 is 1.61 bits per heavy atom. The van der Waals surface area contributed by atoms with Crippen molar-refractivity contribution in [2.45, 2.75) is 26.3 Å². The summed E-state index contributed by atoms with van der Waals surface area (Å²) in [6.45, 7) is 8.80. The molecule has 1 N–H and O–H groups in total. The SMILES string of the molecule is CC(C)N1CCN(c2ccc(C(=O)NCCc3cc(F)cc(F)c3)cc2)CC1. The number of nitrogens with zero attached hydrogens (tertiary/aromatic N) is 2. The first-order chi connectivity index (χ1) is 13.4. The van der Waals surface area contributed by atoms with Crippen molar-refractivity contribution in [1.82, 2.24) is 10.2 Å². The third kappa shape index (κ3) is 5.29. The minimum Gasteiger partial charge on any atom is -0.369 e. The molecule has 0 spiro atoms. The Labute approximate surface area is 165 Å². The zero-order valence-corrected chi connectivity index (χ0v) is 16.4. The first kappa shape index (κ1) is 20.3. The molecule has 0 unspecified atom stereocenters. The van der Waals surface area contributed by atoms with Crippen molar-refractivity contribution in [3.63, 3.8) is 0 Å². The number of carbonyl (C=O) groups is 1. The first-order valence-electron chi connectivity index (χ1n) is 9.74. The molecule has 1 aliphatic rings. The molecule has 2 aromatic carbocycles. The molecule has 150 valence electrons. The summed E-state index contributed by atoms with van der Waals surface area (Å²) in [7, 11) is 0. The van der Waals surface area contributed by atoms with Crippen LogP contribution in [0.1, 0.15) is 29.8 Å². The smallest absolute Gasteiger partial charge is 0.251 e. The average molecular weight is 387 g/mol. The number of amides is 1. The summed E-state index contributed by atoms with van der Waals surface area (Å²) in [5.41, 5.74) is 2.22. The van der Waals surface area contributed by atoms with E-state index in [1.807, 2.05) is 24.3 Å². The van der Waals surface area contributed by atoms with Crippen LogP contribution in [0.3, 0.4) is 0 Å². The Hall–Kier alpha value is -2.47. The molecule has 1 amide bonds. The molecule has 3 rings (SSSR count). The number of piperazine rings is 1. The Balaban J connectivity index is 1.50. The number of rotatable bonds is 6. The fourth-order valence-corrected chi connectivity index (χ4v) is 3.50. The van der Waals surface area contributed by atoms with E-state index >= 15 is 0 Å². The molecular formula is C22H27F2N3O. The van der Waals surface area contributed by atoms with Crippen LogP contribution in [-0.2, 0) is 6.42 Å². The molecule has 0 atom stereocenters. The molecular weight excluding hydrogens is 360 g/mol. The molecule has 28 heavy (non-hydrogen) atoms. The number of nitrogens with one attached hydrogen (secondary N) is 1. The maximum atomic E-state index is 13.2. The van der Waals surface area contributed by atoms with Crippen molar-refractivity contribution >= 4 is 11.6 Å². The second-order valence-corrected chi connectivity index (χ2v) is 7.45. The van der Waals surface area contributed by atoms with Crippen LogP contribution in [0.4, 0.5) is 14.5 Å². The molecule has 1 fully saturated rings. The second-order valence-electron chi connectivity index (χ2n) is 7.45. The average Bonchev–Trinajstić information content (AvgIpc) is 2.67. The molecule has 0 radical (unpaired) electrons. The predicted octanol–water partition coefficient (Wildman–Crippen LogP) is 3.47. The maximum Gasteiger partial charge on any atom is 0.251 e. The van der Waals surface area contributed by atoms with Crippen molar-refractivity contribution < 1.29 is 13.6 Å². The largest absolute Gasteiger partial charge is 0.369 e. The van der Waals surface area contributed by atoms with Crippen molar-refractivity contribution in [2.24, 2.45) is 0 Å². The Kier molecular flexibility index (Phi) is 6.62. The van der Waals surface area contributed by atoms with E-state index in [0.717, 1.165) is 37.9 Å². The normalized spacial score (nSPS) is 15.1. The van der Waals surface area contributed by atoms with E-state index in [4.69, 9.17) is 0 Å². The fraction of sp³-hybridized carbons (Fsp3) is 0.409. The summed E-state index contributed by atoms with van der Waals surface area (Å²) >= 11 is 0. The van der Waals surface area contributed by atoms with Gasteiger partial charge in [0.2, 0.25) is 0 Å². The first-order valence-corrected chi connectivity index (χ1v) is 9.74. The van der Waals surface area contributed by atoms with Gasteiger partial charge in [-0.1, -0.05) is 0 Å². The van der Waals surface area contributed by atoms with Gasteiger partial charge in [-0.05, 0) is 62.2 Å². The van der Waals surface area contributed by atoms with Crippen LogP contribution in [0.2, 0.25) is 0 Å². The standard InChI is InChI=1S/C22H27F2N3O/c1-16(2)26-9-11-27(12-10-26)21-5-3-18(4-6-21)22(28)25-8-7-17-13-19(23)15-20(24)14-17/h3-6,13-16H,7-12H2,1-2H3,(H,25,28). The lowest BCUT2D eigenvalue weighted by Crippen LogP contribution is -2.48. The van der Waals surface area contributed by atoms with Gasteiger partial charge in [0.25, 0.3) is 5.91 Å². The minimum absolute atomic E-state index is 0.187. The van der Waals surface area contributed by atoms with Crippen LogP contribution in [0.25, 0.3) is 0 Å². The van der Waals surface area contributed by atoms with Gasteiger partial charge in [-0.2, -0.15) is 0 Å². The van der Waals surface area contributed by atoms with E-state index in [0.29, 0.717) is 30.1 Å². The van der Waals surface area contributed by atoms with E-state index in [1.54, 1.807) is 0 Å². The van der Waals surface area contributed by atoms with Crippen molar-refractivity contribution in [2.75, 3.05) is 37.6 Å². The van der Waals surface area contributed by atoms with Crippen LogP contribution in [0.5, 0.6) is 0 Å². The maximum absolute atomic E-state index is 13.2. The van der Waals surface area contributed by atoms with Gasteiger partial charge < -0.3 is 10.2 Å². The molecule has 0 saturated carbocycles. The minimum atomic E-state index is -0.605. The molecule has 1 saturated heterocycles. The zero-order valence-electron chi connectivity index (χ0n) is 16.4. The van der Waals surface area contributed by atoms with Crippen LogP contribution in [0, 0.1) is 11.6 Å². The summed E-state index contributed by atoms with van der Waals surface area (Å²) in [6.07, 6.45) is 0.374. The highest BCUT2D eigenvalue weighted by Crippen LogP contribution is 2.18. The van der Waals surface area contributed by atoms with Gasteiger partial charge in [0.15, 0.2) is 0 Å². The van der Waals surface area contributed by atoms with Crippen LogP contribution >= 0.6 is 0 Å². The van der Waals surface area contributed by atoms with Crippen molar-refractivity contribution in [1.29, 1.82) is 0 Å². The number of hydrogen-bond acceptors (Lipinski definition) is 3. The third-order valence-corrected chi connectivity index (χ3v) is 5.16. The fourth-order valence-electron chi connectivity index (χ4n) is 3.50.